The molecule has 2 atom stereocenters. The van der Waals surface area contributed by atoms with E-state index in [-0.39, 0.29) is 17.9 Å². The summed E-state index contributed by atoms with van der Waals surface area (Å²) in [4.78, 5) is 14.1. The second kappa shape index (κ2) is 6.57. The van der Waals surface area contributed by atoms with E-state index in [2.05, 4.69) is 22.3 Å². The van der Waals surface area contributed by atoms with Gasteiger partial charge in [-0.25, -0.2) is 0 Å². The first kappa shape index (κ1) is 13.9. The number of carbonyl (C=O) groups excluding carboxylic acids is 1. The summed E-state index contributed by atoms with van der Waals surface area (Å²) in [5, 5.41) is 3.01. The van der Waals surface area contributed by atoms with Gasteiger partial charge in [-0.05, 0) is 31.4 Å². The van der Waals surface area contributed by atoms with E-state index in [4.69, 9.17) is 5.73 Å². The van der Waals surface area contributed by atoms with Gasteiger partial charge in [-0.3, -0.25) is 4.79 Å². The molecule has 0 aliphatic heterocycles. The maximum absolute atomic E-state index is 11.9. The Morgan fingerprint density at radius 1 is 1.37 bits per heavy atom. The summed E-state index contributed by atoms with van der Waals surface area (Å²) in [6.45, 7) is 1.49. The van der Waals surface area contributed by atoms with Gasteiger partial charge in [0.25, 0.3) is 0 Å². The quantitative estimate of drug-likeness (QED) is 0.841. The molecule has 4 heteroatoms. The molecule has 4 nitrogen and oxygen atoms in total. The van der Waals surface area contributed by atoms with Crippen LogP contribution in [0.5, 0.6) is 0 Å². The molecule has 104 valence electrons. The van der Waals surface area contributed by atoms with E-state index in [1.165, 1.54) is 5.69 Å². The van der Waals surface area contributed by atoms with Crippen molar-refractivity contribution in [3.63, 3.8) is 0 Å². The number of hydrogen-bond acceptors (Lipinski definition) is 3. The van der Waals surface area contributed by atoms with E-state index in [1.807, 2.05) is 25.2 Å². The predicted molar refractivity (Wildman–Crippen MR) is 78.0 cm³/mol. The molecule has 1 saturated carbocycles. The molecular weight excluding hydrogens is 238 g/mol. The zero-order valence-electron chi connectivity index (χ0n) is 11.5. The molecule has 3 N–H and O–H groups in total. The summed E-state index contributed by atoms with van der Waals surface area (Å²) in [7, 11) is 2.03. The summed E-state index contributed by atoms with van der Waals surface area (Å²) >= 11 is 0. The SMILES string of the molecule is CN(CCNC(=O)C1CCC(N)C1)c1ccccc1. The summed E-state index contributed by atoms with van der Waals surface area (Å²) in [6, 6.07) is 10.4. The van der Waals surface area contributed by atoms with Crippen LogP contribution in [0.3, 0.4) is 0 Å². The molecule has 0 heterocycles. The number of nitrogens with one attached hydrogen (secondary N) is 1. The highest BCUT2D eigenvalue weighted by atomic mass is 16.1. The fourth-order valence-electron chi connectivity index (χ4n) is 2.56. The maximum atomic E-state index is 11.9. The minimum Gasteiger partial charge on any atom is -0.373 e. The number of rotatable bonds is 5. The molecule has 1 fully saturated rings. The predicted octanol–water partition coefficient (Wildman–Crippen LogP) is 1.37. The first-order valence-corrected chi connectivity index (χ1v) is 6.96. The Hall–Kier alpha value is -1.55. The van der Waals surface area contributed by atoms with Gasteiger partial charge in [0.15, 0.2) is 0 Å². The van der Waals surface area contributed by atoms with Crippen molar-refractivity contribution >= 4 is 11.6 Å². The third-order valence-electron chi connectivity index (χ3n) is 3.79. The average Bonchev–Trinajstić information content (AvgIpc) is 2.86. The standard InChI is InChI=1S/C15H23N3O/c1-18(14-5-3-2-4-6-14)10-9-17-15(19)12-7-8-13(16)11-12/h2-6,12-13H,7-11,16H2,1H3,(H,17,19). The topological polar surface area (TPSA) is 58.4 Å². The highest BCUT2D eigenvalue weighted by Gasteiger charge is 2.27. The van der Waals surface area contributed by atoms with Crippen LogP contribution in [0.15, 0.2) is 30.3 Å². The lowest BCUT2D eigenvalue weighted by Gasteiger charge is -2.20. The van der Waals surface area contributed by atoms with Gasteiger partial charge in [-0.1, -0.05) is 18.2 Å². The van der Waals surface area contributed by atoms with E-state index in [1.54, 1.807) is 0 Å². The van der Waals surface area contributed by atoms with E-state index in [9.17, 15) is 4.79 Å². The first-order valence-electron chi connectivity index (χ1n) is 6.96. The zero-order valence-corrected chi connectivity index (χ0v) is 11.5. The molecule has 1 aliphatic carbocycles. The summed E-state index contributed by atoms with van der Waals surface area (Å²) in [5.41, 5.74) is 6.99. The molecule has 0 radical (unpaired) electrons. The lowest BCUT2D eigenvalue weighted by Crippen LogP contribution is -2.36. The van der Waals surface area contributed by atoms with E-state index in [0.717, 1.165) is 25.8 Å². The molecule has 2 unspecified atom stereocenters. The van der Waals surface area contributed by atoms with Crippen LogP contribution < -0.4 is 16.0 Å². The molecule has 1 aromatic rings. The van der Waals surface area contributed by atoms with Crippen molar-refractivity contribution in [3.05, 3.63) is 30.3 Å². The van der Waals surface area contributed by atoms with Crippen LogP contribution in [0.2, 0.25) is 0 Å². The third kappa shape index (κ3) is 3.96. The van der Waals surface area contributed by atoms with Gasteiger partial charge in [-0.15, -0.1) is 0 Å². The molecule has 19 heavy (non-hydrogen) atoms. The molecular formula is C15H23N3O. The molecule has 0 bridgehead atoms. The molecule has 1 aliphatic rings. The normalized spacial score (nSPS) is 22.2. The van der Waals surface area contributed by atoms with Crippen LogP contribution in [-0.4, -0.2) is 32.1 Å². The second-order valence-electron chi connectivity index (χ2n) is 5.32. The molecule has 0 spiro atoms. The zero-order chi connectivity index (χ0) is 13.7. The lowest BCUT2D eigenvalue weighted by molar-refractivity contribution is -0.124. The number of carbonyl (C=O) groups is 1. The van der Waals surface area contributed by atoms with Crippen molar-refractivity contribution in [1.82, 2.24) is 5.32 Å². The van der Waals surface area contributed by atoms with Gasteiger partial charge in [0.2, 0.25) is 5.91 Å². The van der Waals surface area contributed by atoms with Gasteiger partial charge in [-0.2, -0.15) is 0 Å². The number of hydrogen-bond donors (Lipinski definition) is 2. The van der Waals surface area contributed by atoms with Crippen LogP contribution in [0.4, 0.5) is 5.69 Å². The van der Waals surface area contributed by atoms with Gasteiger partial charge < -0.3 is 16.0 Å². The molecule has 1 aromatic carbocycles. The van der Waals surface area contributed by atoms with Crippen molar-refractivity contribution in [1.29, 1.82) is 0 Å². The molecule has 0 aromatic heterocycles. The van der Waals surface area contributed by atoms with Crippen molar-refractivity contribution in [2.45, 2.75) is 25.3 Å². The maximum Gasteiger partial charge on any atom is 0.223 e. The van der Waals surface area contributed by atoms with Crippen molar-refractivity contribution < 1.29 is 4.79 Å². The smallest absolute Gasteiger partial charge is 0.223 e. The number of nitrogens with two attached hydrogens (primary N) is 1. The Bertz CT molecular complexity index is 407. The first-order chi connectivity index (χ1) is 9.16. The molecule has 1 amide bonds. The van der Waals surface area contributed by atoms with Crippen LogP contribution in [0.1, 0.15) is 19.3 Å². The summed E-state index contributed by atoms with van der Waals surface area (Å²) in [6.07, 6.45) is 2.74. The van der Waals surface area contributed by atoms with Crippen LogP contribution in [0.25, 0.3) is 0 Å². The lowest BCUT2D eigenvalue weighted by atomic mass is 10.1. The van der Waals surface area contributed by atoms with E-state index in [0.29, 0.717) is 6.54 Å². The van der Waals surface area contributed by atoms with Gasteiger partial charge in [0.1, 0.15) is 0 Å². The minimum atomic E-state index is 0.122. The Morgan fingerprint density at radius 3 is 2.74 bits per heavy atom. The van der Waals surface area contributed by atoms with Crippen molar-refractivity contribution in [2.75, 3.05) is 25.0 Å². The minimum absolute atomic E-state index is 0.122. The largest absolute Gasteiger partial charge is 0.373 e. The van der Waals surface area contributed by atoms with Gasteiger partial charge >= 0.3 is 0 Å². The third-order valence-corrected chi connectivity index (χ3v) is 3.79. The highest BCUT2D eigenvalue weighted by Crippen LogP contribution is 2.23. The number of likely N-dealkylation sites (N-methyl/N-ethyl adjacent to an activating group) is 1. The second-order valence-corrected chi connectivity index (χ2v) is 5.32. The van der Waals surface area contributed by atoms with Crippen molar-refractivity contribution in [3.8, 4) is 0 Å². The Morgan fingerprint density at radius 2 is 2.11 bits per heavy atom. The van der Waals surface area contributed by atoms with Crippen LogP contribution >= 0.6 is 0 Å². The Balaban J connectivity index is 1.70. The Labute approximate surface area is 115 Å². The fraction of sp³-hybridized carbons (Fsp3) is 0.533. The monoisotopic (exact) mass is 261 g/mol. The van der Waals surface area contributed by atoms with Crippen molar-refractivity contribution in [2.24, 2.45) is 11.7 Å². The van der Waals surface area contributed by atoms with Gasteiger partial charge in [0, 0.05) is 37.8 Å². The molecule has 2 rings (SSSR count). The number of para-hydroxylation sites is 1. The number of amides is 1. The summed E-state index contributed by atoms with van der Waals surface area (Å²) in [5.74, 6) is 0.284. The number of nitrogens with zero attached hydrogens (tertiary/aromatic N) is 1. The van der Waals surface area contributed by atoms with Crippen LogP contribution in [0, 0.1) is 5.92 Å². The van der Waals surface area contributed by atoms with Gasteiger partial charge in [0.05, 0.1) is 0 Å². The highest BCUT2D eigenvalue weighted by molar-refractivity contribution is 5.79. The summed E-state index contributed by atoms with van der Waals surface area (Å²) < 4.78 is 0. The fourth-order valence-corrected chi connectivity index (χ4v) is 2.56. The Kier molecular flexibility index (Phi) is 4.80. The van der Waals surface area contributed by atoms with Crippen LogP contribution in [-0.2, 0) is 4.79 Å². The van der Waals surface area contributed by atoms with E-state index < -0.39 is 0 Å². The molecule has 0 saturated heterocycles. The average molecular weight is 261 g/mol. The number of anilines is 1. The number of benzene rings is 1. The van der Waals surface area contributed by atoms with E-state index >= 15 is 0 Å².